The third-order valence-corrected chi connectivity index (χ3v) is 3.91. The van der Waals surface area contributed by atoms with Gasteiger partial charge in [0, 0.05) is 17.2 Å². The number of aliphatic hydroxyl groups is 1. The summed E-state index contributed by atoms with van der Waals surface area (Å²) in [7, 11) is 0. The third kappa shape index (κ3) is 3.14. The molecule has 0 spiro atoms. The van der Waals surface area contributed by atoms with E-state index in [1.54, 1.807) is 6.07 Å². The third-order valence-electron chi connectivity index (χ3n) is 3.47. The highest BCUT2D eigenvalue weighted by molar-refractivity contribution is 9.10. The zero-order valence-corrected chi connectivity index (χ0v) is 12.7. The van der Waals surface area contributed by atoms with Crippen LogP contribution in [0, 0.1) is 0 Å². The van der Waals surface area contributed by atoms with Crippen LogP contribution in [0.4, 0.5) is 0 Å². The van der Waals surface area contributed by atoms with Gasteiger partial charge < -0.3 is 15.0 Å². The van der Waals surface area contributed by atoms with Crippen molar-refractivity contribution in [1.29, 1.82) is 0 Å². The number of halogens is 1. The molecule has 18 heavy (non-hydrogen) atoms. The van der Waals surface area contributed by atoms with E-state index in [1.165, 1.54) is 0 Å². The molecule has 0 saturated heterocycles. The molecule has 4 nitrogen and oxygen atoms in total. The Morgan fingerprint density at radius 2 is 2.06 bits per heavy atom. The van der Waals surface area contributed by atoms with Gasteiger partial charge in [-0.1, -0.05) is 13.8 Å². The number of rotatable bonds is 6. The number of nitrogens with zero attached hydrogens (tertiary/aromatic N) is 1. The molecule has 0 fully saturated rings. The molecule has 0 atom stereocenters. The summed E-state index contributed by atoms with van der Waals surface area (Å²) in [6.45, 7) is 6.62. The summed E-state index contributed by atoms with van der Waals surface area (Å²) in [4.78, 5) is 12.3. The Morgan fingerprint density at radius 3 is 2.50 bits per heavy atom. The van der Waals surface area contributed by atoms with Gasteiger partial charge in [0.2, 0.25) is 0 Å². The molecule has 1 heterocycles. The van der Waals surface area contributed by atoms with Gasteiger partial charge in [-0.05, 0) is 41.8 Å². The maximum Gasteiger partial charge on any atom is 0.268 e. The quantitative estimate of drug-likeness (QED) is 0.847. The van der Waals surface area contributed by atoms with Crippen molar-refractivity contribution < 1.29 is 9.90 Å². The van der Waals surface area contributed by atoms with Gasteiger partial charge in [0.05, 0.1) is 12.1 Å². The second-order valence-corrected chi connectivity index (χ2v) is 5.34. The number of hydrogen-bond acceptors (Lipinski definition) is 2. The zero-order chi connectivity index (χ0) is 13.8. The Balaban J connectivity index is 2.93. The minimum atomic E-state index is -0.521. The summed E-state index contributed by atoms with van der Waals surface area (Å²) >= 11 is 3.37. The summed E-state index contributed by atoms with van der Waals surface area (Å²) in [6.07, 6.45) is 3.30. The van der Waals surface area contributed by atoms with Gasteiger partial charge in [0.15, 0.2) is 0 Å². The topological polar surface area (TPSA) is 54.3 Å². The van der Waals surface area contributed by atoms with Crippen molar-refractivity contribution >= 4 is 21.8 Å². The molecule has 1 amide bonds. The Bertz CT molecular complexity index is 403. The Kier molecular flexibility index (Phi) is 5.41. The van der Waals surface area contributed by atoms with Crippen LogP contribution >= 0.6 is 15.9 Å². The Labute approximate surface area is 117 Å². The monoisotopic (exact) mass is 316 g/mol. The number of nitrogens with one attached hydrogen (secondary N) is 1. The normalized spacial score (nSPS) is 11.6. The van der Waals surface area contributed by atoms with Crippen LogP contribution in [-0.4, -0.2) is 27.7 Å². The fourth-order valence-electron chi connectivity index (χ4n) is 1.92. The lowest BCUT2D eigenvalue weighted by Crippen LogP contribution is -2.50. The Morgan fingerprint density at radius 1 is 1.44 bits per heavy atom. The SMILES string of the molecule is CCn1cc(Br)cc1C(=O)NC(CC)(CC)CO. The lowest BCUT2D eigenvalue weighted by Gasteiger charge is -2.30. The van der Waals surface area contributed by atoms with Gasteiger partial charge in [-0.25, -0.2) is 0 Å². The standard InChI is InChI=1S/C13H21BrN2O2/c1-4-13(5-2,9-17)15-12(18)11-7-10(14)8-16(11)6-3/h7-8,17H,4-6,9H2,1-3H3,(H,15,18). The minimum absolute atomic E-state index is 0.0419. The van der Waals surface area contributed by atoms with Crippen molar-refractivity contribution in [3.63, 3.8) is 0 Å². The van der Waals surface area contributed by atoms with Crippen LogP contribution in [0.2, 0.25) is 0 Å². The highest BCUT2D eigenvalue weighted by Crippen LogP contribution is 2.18. The molecule has 0 aromatic carbocycles. The first-order valence-corrected chi connectivity index (χ1v) is 7.10. The van der Waals surface area contributed by atoms with Gasteiger partial charge >= 0.3 is 0 Å². The number of carbonyl (C=O) groups is 1. The number of amides is 1. The lowest BCUT2D eigenvalue weighted by molar-refractivity contribution is 0.0808. The fourth-order valence-corrected chi connectivity index (χ4v) is 2.39. The summed E-state index contributed by atoms with van der Waals surface area (Å²) < 4.78 is 2.77. The summed E-state index contributed by atoms with van der Waals surface area (Å²) in [5.41, 5.74) is 0.0935. The largest absolute Gasteiger partial charge is 0.394 e. The molecule has 0 aliphatic carbocycles. The van der Waals surface area contributed by atoms with Crippen molar-refractivity contribution in [2.45, 2.75) is 45.7 Å². The van der Waals surface area contributed by atoms with Crippen molar-refractivity contribution in [2.24, 2.45) is 0 Å². The van der Waals surface area contributed by atoms with Crippen LogP contribution in [-0.2, 0) is 6.54 Å². The van der Waals surface area contributed by atoms with E-state index >= 15 is 0 Å². The molecule has 0 aliphatic rings. The first-order valence-electron chi connectivity index (χ1n) is 6.31. The fraction of sp³-hybridized carbons (Fsp3) is 0.615. The van der Waals surface area contributed by atoms with E-state index in [1.807, 2.05) is 31.5 Å². The van der Waals surface area contributed by atoms with Crippen molar-refractivity contribution in [3.05, 3.63) is 22.4 Å². The van der Waals surface area contributed by atoms with Crippen molar-refractivity contribution in [1.82, 2.24) is 9.88 Å². The van der Waals surface area contributed by atoms with Crippen LogP contribution < -0.4 is 5.32 Å². The maximum atomic E-state index is 12.3. The highest BCUT2D eigenvalue weighted by Gasteiger charge is 2.28. The average molecular weight is 317 g/mol. The number of hydrogen-bond donors (Lipinski definition) is 2. The molecule has 0 aliphatic heterocycles. The molecular weight excluding hydrogens is 296 g/mol. The van der Waals surface area contributed by atoms with E-state index in [9.17, 15) is 9.90 Å². The van der Waals surface area contributed by atoms with E-state index in [4.69, 9.17) is 0 Å². The molecule has 5 heteroatoms. The van der Waals surface area contributed by atoms with Gasteiger partial charge in [-0.3, -0.25) is 4.79 Å². The second-order valence-electron chi connectivity index (χ2n) is 4.43. The van der Waals surface area contributed by atoms with E-state index < -0.39 is 5.54 Å². The van der Waals surface area contributed by atoms with E-state index in [2.05, 4.69) is 21.2 Å². The summed E-state index contributed by atoms with van der Waals surface area (Å²) in [5.74, 6) is -0.139. The molecule has 0 unspecified atom stereocenters. The average Bonchev–Trinajstić information content (AvgIpc) is 2.77. The maximum absolute atomic E-state index is 12.3. The summed E-state index contributed by atoms with van der Waals surface area (Å²) in [5, 5.41) is 12.4. The number of aromatic nitrogens is 1. The lowest BCUT2D eigenvalue weighted by atomic mass is 9.93. The van der Waals surface area contributed by atoms with Crippen LogP contribution in [0.5, 0.6) is 0 Å². The van der Waals surface area contributed by atoms with E-state index in [0.717, 1.165) is 11.0 Å². The first kappa shape index (κ1) is 15.2. The molecule has 1 rings (SSSR count). The minimum Gasteiger partial charge on any atom is -0.394 e. The van der Waals surface area contributed by atoms with Crippen LogP contribution in [0.25, 0.3) is 0 Å². The number of aryl methyl sites for hydroxylation is 1. The second kappa shape index (κ2) is 6.38. The van der Waals surface area contributed by atoms with Gasteiger partial charge in [0.25, 0.3) is 5.91 Å². The van der Waals surface area contributed by atoms with Crippen LogP contribution in [0.15, 0.2) is 16.7 Å². The molecule has 0 radical (unpaired) electrons. The molecular formula is C13H21BrN2O2. The number of aliphatic hydroxyl groups excluding tert-OH is 1. The van der Waals surface area contributed by atoms with Crippen molar-refractivity contribution in [2.75, 3.05) is 6.61 Å². The molecule has 1 aromatic rings. The predicted octanol–water partition coefficient (Wildman–Crippen LogP) is 2.55. The molecule has 102 valence electrons. The molecule has 0 bridgehead atoms. The van der Waals surface area contributed by atoms with Gasteiger partial charge in [-0.15, -0.1) is 0 Å². The van der Waals surface area contributed by atoms with Crippen LogP contribution in [0.1, 0.15) is 44.1 Å². The van der Waals surface area contributed by atoms with Gasteiger partial charge in [0.1, 0.15) is 5.69 Å². The van der Waals surface area contributed by atoms with Crippen LogP contribution in [0.3, 0.4) is 0 Å². The summed E-state index contributed by atoms with van der Waals surface area (Å²) in [6, 6.07) is 1.80. The predicted molar refractivity (Wildman–Crippen MR) is 75.7 cm³/mol. The van der Waals surface area contributed by atoms with Crippen molar-refractivity contribution in [3.8, 4) is 0 Å². The smallest absolute Gasteiger partial charge is 0.268 e. The Hall–Kier alpha value is -0.810. The molecule has 0 saturated carbocycles. The highest BCUT2D eigenvalue weighted by atomic mass is 79.9. The zero-order valence-electron chi connectivity index (χ0n) is 11.2. The molecule has 2 N–H and O–H groups in total. The van der Waals surface area contributed by atoms with E-state index in [-0.39, 0.29) is 12.5 Å². The van der Waals surface area contributed by atoms with E-state index in [0.29, 0.717) is 18.5 Å². The number of carbonyl (C=O) groups excluding carboxylic acids is 1. The molecule has 1 aromatic heterocycles. The first-order chi connectivity index (χ1) is 8.51. The van der Waals surface area contributed by atoms with Gasteiger partial charge in [-0.2, -0.15) is 0 Å².